The SMILES string of the molecule is COc1ccnc(C(=O)NC(Cn2ccnc2)c2ccccc2)c1. The Kier molecular flexibility index (Phi) is 4.86. The highest BCUT2D eigenvalue weighted by molar-refractivity contribution is 5.92. The highest BCUT2D eigenvalue weighted by Gasteiger charge is 2.17. The van der Waals surface area contributed by atoms with Gasteiger partial charge in [0.15, 0.2) is 0 Å². The fourth-order valence-corrected chi connectivity index (χ4v) is 2.42. The zero-order valence-corrected chi connectivity index (χ0v) is 13.3. The maximum absolute atomic E-state index is 12.6. The molecule has 0 aliphatic heterocycles. The third-order valence-electron chi connectivity index (χ3n) is 3.66. The van der Waals surface area contributed by atoms with E-state index in [2.05, 4.69) is 15.3 Å². The van der Waals surface area contributed by atoms with Gasteiger partial charge >= 0.3 is 0 Å². The minimum absolute atomic E-state index is 0.194. The molecule has 24 heavy (non-hydrogen) atoms. The Morgan fingerprint density at radius 3 is 2.79 bits per heavy atom. The van der Waals surface area contributed by atoms with Crippen LogP contribution in [0.4, 0.5) is 0 Å². The molecule has 3 rings (SSSR count). The van der Waals surface area contributed by atoms with Gasteiger partial charge in [-0.3, -0.25) is 9.78 Å². The lowest BCUT2D eigenvalue weighted by atomic mass is 10.1. The van der Waals surface area contributed by atoms with Crippen LogP contribution in [-0.4, -0.2) is 27.6 Å². The van der Waals surface area contributed by atoms with Crippen LogP contribution in [-0.2, 0) is 6.54 Å². The minimum Gasteiger partial charge on any atom is -0.497 e. The van der Waals surface area contributed by atoms with E-state index in [1.54, 1.807) is 38.0 Å². The Morgan fingerprint density at radius 1 is 1.25 bits per heavy atom. The summed E-state index contributed by atoms with van der Waals surface area (Å²) in [6.45, 7) is 0.583. The fourth-order valence-electron chi connectivity index (χ4n) is 2.42. The summed E-state index contributed by atoms with van der Waals surface area (Å²) < 4.78 is 7.08. The first-order chi connectivity index (χ1) is 11.8. The van der Waals surface area contributed by atoms with Gasteiger partial charge < -0.3 is 14.6 Å². The smallest absolute Gasteiger partial charge is 0.270 e. The van der Waals surface area contributed by atoms with Crippen molar-refractivity contribution in [1.29, 1.82) is 0 Å². The van der Waals surface area contributed by atoms with Crippen LogP contribution in [0.1, 0.15) is 22.1 Å². The molecule has 0 saturated heterocycles. The van der Waals surface area contributed by atoms with Crippen LogP contribution in [0.25, 0.3) is 0 Å². The second kappa shape index (κ2) is 7.41. The quantitative estimate of drug-likeness (QED) is 0.757. The number of benzene rings is 1. The summed E-state index contributed by atoms with van der Waals surface area (Å²) in [7, 11) is 1.56. The zero-order valence-electron chi connectivity index (χ0n) is 13.3. The molecule has 6 heteroatoms. The normalized spacial score (nSPS) is 11.7. The number of hydrogen-bond donors (Lipinski definition) is 1. The highest BCUT2D eigenvalue weighted by atomic mass is 16.5. The van der Waals surface area contributed by atoms with Gasteiger partial charge in [-0.25, -0.2) is 4.98 Å². The van der Waals surface area contributed by atoms with Gasteiger partial charge in [0.05, 0.1) is 19.5 Å². The Bertz CT molecular complexity index is 788. The van der Waals surface area contributed by atoms with E-state index in [1.165, 1.54) is 0 Å². The van der Waals surface area contributed by atoms with Crippen LogP contribution in [0, 0.1) is 0 Å². The largest absolute Gasteiger partial charge is 0.497 e. The lowest BCUT2D eigenvalue weighted by Gasteiger charge is -2.19. The molecule has 6 nitrogen and oxygen atoms in total. The molecule has 0 aliphatic carbocycles. The predicted molar refractivity (Wildman–Crippen MR) is 89.7 cm³/mol. The predicted octanol–water partition coefficient (Wildman–Crippen LogP) is 2.46. The summed E-state index contributed by atoms with van der Waals surface area (Å²) in [5.74, 6) is 0.351. The monoisotopic (exact) mass is 322 g/mol. The van der Waals surface area contributed by atoms with Gasteiger partial charge in [-0.1, -0.05) is 30.3 Å². The summed E-state index contributed by atoms with van der Waals surface area (Å²) in [4.78, 5) is 20.7. The number of rotatable bonds is 6. The Balaban J connectivity index is 1.81. The van der Waals surface area contributed by atoms with Gasteiger partial charge in [-0.15, -0.1) is 0 Å². The summed E-state index contributed by atoms with van der Waals surface area (Å²) in [5, 5.41) is 3.03. The minimum atomic E-state index is -0.247. The number of pyridine rings is 1. The van der Waals surface area contributed by atoms with E-state index in [9.17, 15) is 4.79 Å². The Morgan fingerprint density at radius 2 is 2.08 bits per heavy atom. The van der Waals surface area contributed by atoms with Crippen molar-refractivity contribution in [3.63, 3.8) is 0 Å². The lowest BCUT2D eigenvalue weighted by Crippen LogP contribution is -2.31. The zero-order chi connectivity index (χ0) is 16.8. The van der Waals surface area contributed by atoms with Crippen molar-refractivity contribution in [3.8, 4) is 5.75 Å². The first-order valence-corrected chi connectivity index (χ1v) is 7.58. The van der Waals surface area contributed by atoms with Gasteiger partial charge in [0.25, 0.3) is 5.91 Å². The third-order valence-corrected chi connectivity index (χ3v) is 3.66. The molecule has 1 N–H and O–H groups in total. The van der Waals surface area contributed by atoms with Crippen molar-refractivity contribution in [2.75, 3.05) is 7.11 Å². The van der Waals surface area contributed by atoms with Crippen molar-refractivity contribution in [2.45, 2.75) is 12.6 Å². The van der Waals surface area contributed by atoms with Gasteiger partial charge in [-0.2, -0.15) is 0 Å². The van der Waals surface area contributed by atoms with Crippen molar-refractivity contribution >= 4 is 5.91 Å². The van der Waals surface area contributed by atoms with E-state index < -0.39 is 0 Å². The third kappa shape index (κ3) is 3.78. The molecule has 1 aromatic carbocycles. The first kappa shape index (κ1) is 15.7. The van der Waals surface area contributed by atoms with Crippen molar-refractivity contribution in [1.82, 2.24) is 19.9 Å². The van der Waals surface area contributed by atoms with E-state index in [4.69, 9.17) is 4.74 Å². The van der Waals surface area contributed by atoms with E-state index in [-0.39, 0.29) is 11.9 Å². The first-order valence-electron chi connectivity index (χ1n) is 7.58. The molecule has 0 fully saturated rings. The van der Waals surface area contributed by atoms with Crippen LogP contribution in [0.5, 0.6) is 5.75 Å². The summed E-state index contributed by atoms with van der Waals surface area (Å²) in [6.07, 6.45) is 6.87. The molecule has 1 atom stereocenters. The molecule has 1 unspecified atom stereocenters. The second-order valence-corrected chi connectivity index (χ2v) is 5.28. The molecule has 0 radical (unpaired) electrons. The molecule has 2 aromatic heterocycles. The van der Waals surface area contributed by atoms with Crippen LogP contribution >= 0.6 is 0 Å². The number of nitrogens with zero attached hydrogens (tertiary/aromatic N) is 3. The number of hydrogen-bond acceptors (Lipinski definition) is 4. The molecule has 3 aromatic rings. The Labute approximate surface area is 140 Å². The van der Waals surface area contributed by atoms with Crippen LogP contribution < -0.4 is 10.1 Å². The number of methoxy groups -OCH3 is 1. The van der Waals surface area contributed by atoms with E-state index in [1.807, 2.05) is 41.1 Å². The number of imidazole rings is 1. The van der Waals surface area contributed by atoms with Gasteiger partial charge in [0, 0.05) is 31.2 Å². The standard InChI is InChI=1S/C18H18N4O2/c1-24-15-7-8-20-16(11-15)18(23)21-17(12-22-10-9-19-13-22)14-5-3-2-4-6-14/h2-11,13,17H,12H2,1H3,(H,21,23). The lowest BCUT2D eigenvalue weighted by molar-refractivity contribution is 0.0927. The van der Waals surface area contributed by atoms with Crippen LogP contribution in [0.2, 0.25) is 0 Å². The number of carbonyl (C=O) groups is 1. The number of nitrogens with one attached hydrogen (secondary N) is 1. The molecule has 0 saturated carbocycles. The second-order valence-electron chi connectivity index (χ2n) is 5.28. The molecule has 2 heterocycles. The summed E-state index contributed by atoms with van der Waals surface area (Å²) >= 11 is 0. The van der Waals surface area contributed by atoms with Gasteiger partial charge in [0.2, 0.25) is 0 Å². The number of carbonyl (C=O) groups excluding carboxylic acids is 1. The van der Waals surface area contributed by atoms with E-state index in [0.717, 1.165) is 5.56 Å². The average molecular weight is 322 g/mol. The number of amides is 1. The van der Waals surface area contributed by atoms with Crippen molar-refractivity contribution < 1.29 is 9.53 Å². The van der Waals surface area contributed by atoms with Crippen molar-refractivity contribution in [3.05, 3.63) is 78.6 Å². The van der Waals surface area contributed by atoms with Gasteiger partial charge in [0.1, 0.15) is 11.4 Å². The highest BCUT2D eigenvalue weighted by Crippen LogP contribution is 2.17. The van der Waals surface area contributed by atoms with E-state index >= 15 is 0 Å². The molecule has 0 bridgehead atoms. The van der Waals surface area contributed by atoms with Crippen LogP contribution in [0.3, 0.4) is 0 Å². The Hall–Kier alpha value is -3.15. The molecule has 0 spiro atoms. The number of ether oxygens (including phenoxy) is 1. The van der Waals surface area contributed by atoms with Gasteiger partial charge in [-0.05, 0) is 11.6 Å². The molecular formula is C18H18N4O2. The van der Waals surface area contributed by atoms with Crippen LogP contribution in [0.15, 0.2) is 67.4 Å². The molecule has 1 amide bonds. The fraction of sp³-hybridized carbons (Fsp3) is 0.167. The van der Waals surface area contributed by atoms with Crippen molar-refractivity contribution in [2.24, 2.45) is 0 Å². The summed E-state index contributed by atoms with van der Waals surface area (Å²) in [5.41, 5.74) is 1.34. The topological polar surface area (TPSA) is 69.0 Å². The summed E-state index contributed by atoms with van der Waals surface area (Å²) in [6, 6.07) is 13.0. The molecular weight excluding hydrogens is 304 g/mol. The average Bonchev–Trinajstić information content (AvgIpc) is 3.15. The molecule has 0 aliphatic rings. The maximum Gasteiger partial charge on any atom is 0.270 e. The molecule has 122 valence electrons. The number of aromatic nitrogens is 3. The maximum atomic E-state index is 12.6. The van der Waals surface area contributed by atoms with E-state index in [0.29, 0.717) is 18.0 Å².